The Bertz CT molecular complexity index is 499. The second-order valence-corrected chi connectivity index (χ2v) is 6.74. The van der Waals surface area contributed by atoms with Gasteiger partial charge in [0.25, 0.3) is 0 Å². The maximum atomic E-state index is 12.3. The van der Waals surface area contributed by atoms with Crippen molar-refractivity contribution >= 4 is 17.3 Å². The van der Waals surface area contributed by atoms with Crippen molar-refractivity contribution in [3.05, 3.63) is 24.3 Å². The lowest BCUT2D eigenvalue weighted by atomic mass is 9.93. The molecule has 1 amide bonds. The van der Waals surface area contributed by atoms with Gasteiger partial charge < -0.3 is 20.9 Å². The number of nitrogens with one attached hydrogen (secondary N) is 3. The monoisotopic (exact) mass is 290 g/mol. The van der Waals surface area contributed by atoms with Crippen LogP contribution in [-0.2, 0) is 4.79 Å². The van der Waals surface area contributed by atoms with E-state index < -0.39 is 0 Å². The molecular weight excluding hydrogens is 264 g/mol. The molecule has 0 radical (unpaired) electrons. The summed E-state index contributed by atoms with van der Waals surface area (Å²) in [5.74, 6) is 0.0452. The van der Waals surface area contributed by atoms with E-state index in [1.807, 2.05) is 38.4 Å². The maximum absolute atomic E-state index is 12.3. The number of para-hydroxylation sites is 2. The lowest BCUT2D eigenvalue weighted by Crippen LogP contribution is -2.49. The van der Waals surface area contributed by atoms with Crippen LogP contribution in [0.2, 0.25) is 0 Å². The molecule has 0 saturated carbocycles. The molecular formula is C16H26N4O. The van der Waals surface area contributed by atoms with Crippen molar-refractivity contribution in [2.45, 2.75) is 19.9 Å². The molecule has 2 rings (SSSR count). The summed E-state index contributed by atoms with van der Waals surface area (Å²) >= 11 is 0. The lowest BCUT2D eigenvalue weighted by Gasteiger charge is -2.31. The molecule has 3 N–H and O–H groups in total. The van der Waals surface area contributed by atoms with E-state index >= 15 is 0 Å². The molecule has 0 aromatic heterocycles. The first-order valence-corrected chi connectivity index (χ1v) is 7.39. The minimum Gasteiger partial charge on any atom is -0.381 e. The summed E-state index contributed by atoms with van der Waals surface area (Å²) in [6.07, 6.45) is 0. The third kappa shape index (κ3) is 4.36. The highest BCUT2D eigenvalue weighted by Crippen LogP contribution is 2.25. The largest absolute Gasteiger partial charge is 0.381 e. The highest BCUT2D eigenvalue weighted by Gasteiger charge is 2.26. The Labute approximate surface area is 127 Å². The summed E-state index contributed by atoms with van der Waals surface area (Å²) in [4.78, 5) is 14.5. The number of rotatable bonds is 5. The van der Waals surface area contributed by atoms with Gasteiger partial charge in [-0.3, -0.25) is 4.79 Å². The van der Waals surface area contributed by atoms with Crippen LogP contribution in [0.5, 0.6) is 0 Å². The van der Waals surface area contributed by atoms with Crippen molar-refractivity contribution in [1.29, 1.82) is 0 Å². The molecule has 1 aromatic carbocycles. The number of carbonyl (C=O) groups is 1. The van der Waals surface area contributed by atoms with E-state index in [-0.39, 0.29) is 17.4 Å². The molecule has 116 valence electrons. The molecule has 5 nitrogen and oxygen atoms in total. The zero-order valence-corrected chi connectivity index (χ0v) is 13.4. The van der Waals surface area contributed by atoms with Crippen molar-refractivity contribution in [2.75, 3.05) is 44.4 Å². The van der Waals surface area contributed by atoms with Crippen molar-refractivity contribution in [3.8, 4) is 0 Å². The second-order valence-electron chi connectivity index (χ2n) is 6.74. The van der Waals surface area contributed by atoms with Gasteiger partial charge in [-0.1, -0.05) is 26.0 Å². The van der Waals surface area contributed by atoms with Gasteiger partial charge in [0.1, 0.15) is 6.04 Å². The van der Waals surface area contributed by atoms with Gasteiger partial charge in [-0.25, -0.2) is 0 Å². The quantitative estimate of drug-likeness (QED) is 0.771. The van der Waals surface area contributed by atoms with Gasteiger partial charge in [-0.05, 0) is 31.6 Å². The summed E-state index contributed by atoms with van der Waals surface area (Å²) in [7, 11) is 4.10. The van der Waals surface area contributed by atoms with Crippen LogP contribution in [0.25, 0.3) is 0 Å². The number of carbonyl (C=O) groups excluding carboxylic acids is 1. The van der Waals surface area contributed by atoms with E-state index in [1.165, 1.54) is 0 Å². The first-order chi connectivity index (χ1) is 9.87. The average molecular weight is 290 g/mol. The van der Waals surface area contributed by atoms with Crippen LogP contribution < -0.4 is 16.0 Å². The number of hydrogen-bond donors (Lipinski definition) is 3. The van der Waals surface area contributed by atoms with E-state index in [1.54, 1.807) is 0 Å². The molecule has 0 saturated heterocycles. The second kappa shape index (κ2) is 6.35. The Morgan fingerprint density at radius 3 is 2.67 bits per heavy atom. The molecule has 0 fully saturated rings. The van der Waals surface area contributed by atoms with Crippen molar-refractivity contribution in [3.63, 3.8) is 0 Å². The van der Waals surface area contributed by atoms with Gasteiger partial charge >= 0.3 is 0 Å². The zero-order chi connectivity index (χ0) is 15.5. The van der Waals surface area contributed by atoms with E-state index in [0.717, 1.165) is 17.9 Å². The zero-order valence-electron chi connectivity index (χ0n) is 13.4. The van der Waals surface area contributed by atoms with Crippen LogP contribution in [0.4, 0.5) is 11.4 Å². The molecule has 1 atom stereocenters. The lowest BCUT2D eigenvalue weighted by molar-refractivity contribution is -0.122. The van der Waals surface area contributed by atoms with E-state index in [9.17, 15) is 4.79 Å². The van der Waals surface area contributed by atoms with Crippen molar-refractivity contribution in [1.82, 2.24) is 10.2 Å². The van der Waals surface area contributed by atoms with Gasteiger partial charge in [-0.15, -0.1) is 0 Å². The van der Waals surface area contributed by atoms with Crippen LogP contribution in [-0.4, -0.2) is 50.6 Å². The highest BCUT2D eigenvalue weighted by atomic mass is 16.2. The molecule has 5 heteroatoms. The minimum atomic E-state index is -0.227. The van der Waals surface area contributed by atoms with E-state index in [0.29, 0.717) is 13.1 Å². The number of anilines is 2. The van der Waals surface area contributed by atoms with Gasteiger partial charge in [0.15, 0.2) is 0 Å². The molecule has 0 bridgehead atoms. The Kier molecular flexibility index (Phi) is 4.73. The van der Waals surface area contributed by atoms with Crippen molar-refractivity contribution in [2.24, 2.45) is 5.41 Å². The number of amides is 1. The molecule has 0 spiro atoms. The number of benzene rings is 1. The molecule has 1 unspecified atom stereocenters. The molecule has 0 aliphatic carbocycles. The molecule has 1 aromatic rings. The average Bonchev–Trinajstić information content (AvgIpc) is 2.43. The molecule has 1 heterocycles. The van der Waals surface area contributed by atoms with Gasteiger partial charge in [0, 0.05) is 19.6 Å². The van der Waals surface area contributed by atoms with Crippen LogP contribution in [0.3, 0.4) is 0 Å². The topological polar surface area (TPSA) is 56.4 Å². The SMILES string of the molecule is CN(C)CC(C)(C)CNC(=O)C1CNc2ccccc2N1. The van der Waals surface area contributed by atoms with E-state index in [4.69, 9.17) is 0 Å². The normalized spacial score (nSPS) is 17.7. The fourth-order valence-corrected chi connectivity index (χ4v) is 2.73. The van der Waals surface area contributed by atoms with Crippen molar-refractivity contribution < 1.29 is 4.79 Å². The summed E-state index contributed by atoms with van der Waals surface area (Å²) in [6.45, 7) is 6.54. The summed E-state index contributed by atoms with van der Waals surface area (Å²) in [5, 5.41) is 9.64. The van der Waals surface area contributed by atoms with E-state index in [2.05, 4.69) is 34.7 Å². The third-order valence-electron chi connectivity index (χ3n) is 3.56. The van der Waals surface area contributed by atoms with Gasteiger partial charge in [0.05, 0.1) is 11.4 Å². The van der Waals surface area contributed by atoms with Crippen LogP contribution >= 0.6 is 0 Å². The highest BCUT2D eigenvalue weighted by molar-refractivity contribution is 5.88. The maximum Gasteiger partial charge on any atom is 0.244 e. The fraction of sp³-hybridized carbons (Fsp3) is 0.562. The number of hydrogen-bond acceptors (Lipinski definition) is 4. The number of fused-ring (bicyclic) bond motifs is 1. The predicted molar refractivity (Wildman–Crippen MR) is 87.7 cm³/mol. The Hall–Kier alpha value is -1.75. The van der Waals surface area contributed by atoms with Crippen LogP contribution in [0, 0.1) is 5.41 Å². The smallest absolute Gasteiger partial charge is 0.244 e. The first-order valence-electron chi connectivity index (χ1n) is 7.39. The summed E-state index contributed by atoms with van der Waals surface area (Å²) in [5.41, 5.74) is 2.09. The molecule has 21 heavy (non-hydrogen) atoms. The summed E-state index contributed by atoms with van der Waals surface area (Å²) < 4.78 is 0. The number of nitrogens with zero attached hydrogens (tertiary/aromatic N) is 1. The Balaban J connectivity index is 1.88. The Morgan fingerprint density at radius 1 is 1.33 bits per heavy atom. The fourth-order valence-electron chi connectivity index (χ4n) is 2.73. The van der Waals surface area contributed by atoms with Crippen LogP contribution in [0.1, 0.15) is 13.8 Å². The third-order valence-corrected chi connectivity index (χ3v) is 3.56. The van der Waals surface area contributed by atoms with Gasteiger partial charge in [-0.2, -0.15) is 0 Å². The van der Waals surface area contributed by atoms with Gasteiger partial charge in [0.2, 0.25) is 5.91 Å². The molecule has 1 aliphatic rings. The molecule has 1 aliphatic heterocycles. The predicted octanol–water partition coefficient (Wildman–Crippen LogP) is 1.60. The first kappa shape index (κ1) is 15.6. The minimum absolute atomic E-state index is 0.0452. The van der Waals surface area contributed by atoms with Crippen LogP contribution in [0.15, 0.2) is 24.3 Å². The standard InChI is InChI=1S/C16H26N4O/c1-16(2,11-20(3)4)10-18-15(21)14-9-17-12-7-5-6-8-13(12)19-14/h5-8,14,17,19H,9-11H2,1-4H3,(H,18,21). The summed E-state index contributed by atoms with van der Waals surface area (Å²) in [6, 6.07) is 7.72. The Morgan fingerprint density at radius 2 is 2.00 bits per heavy atom.